The van der Waals surface area contributed by atoms with Crippen molar-refractivity contribution in [2.45, 2.75) is 349 Å². The highest BCUT2D eigenvalue weighted by Gasteiger charge is 2.12. The molecule has 0 saturated heterocycles. The first-order chi connectivity index (χ1) is 33.7. The minimum Gasteiger partial charge on any atom is -0.396 e. The molecule has 0 fully saturated rings. The first-order valence-electron chi connectivity index (χ1n) is 28.5. The van der Waals surface area contributed by atoms with Crippen LogP contribution in [0.5, 0.6) is 0 Å². The molecule has 0 heterocycles. The molecule has 72 heavy (non-hydrogen) atoms. The molecule has 0 aromatic heterocycles. The standard InChI is InChI=1S/8C7H16O2/c1-6(8)4-3-5-7(2)9;1-3-7(9)5-4-6(2)8;1-3-4-7(9)5-6(2)8;1-3-4-5-7(9)6(2)8;1-3-6(8)5-7(9)4-2;1-3-5-7(9)6(8)4-2;1-2-3-4-5-6-7(8)9;8-6-4-2-1-3-5-7-9/h6*6-9H,3-5H2,1-2H3;7-9H,2-6H2,1H3;8-9H,1-7H2. The lowest BCUT2D eigenvalue weighted by Gasteiger charge is -2.14. The summed E-state index contributed by atoms with van der Waals surface area (Å²) < 4.78 is 0. The average Bonchev–Trinajstić information content (AvgIpc) is 3.31. The predicted molar refractivity (Wildman–Crippen MR) is 298 cm³/mol. The minimum absolute atomic E-state index is 0.219. The Bertz CT molecular complexity index is 864. The molecule has 0 aromatic rings. The van der Waals surface area contributed by atoms with Gasteiger partial charge in [0.2, 0.25) is 0 Å². The van der Waals surface area contributed by atoms with Crippen LogP contribution in [0.25, 0.3) is 0 Å². The largest absolute Gasteiger partial charge is 0.396 e. The highest BCUT2D eigenvalue weighted by Crippen LogP contribution is 2.08. The third kappa shape index (κ3) is 102. The van der Waals surface area contributed by atoms with Gasteiger partial charge >= 0.3 is 0 Å². The lowest BCUT2D eigenvalue weighted by Crippen LogP contribution is -2.24. The van der Waals surface area contributed by atoms with Crippen molar-refractivity contribution >= 4 is 0 Å². The van der Waals surface area contributed by atoms with E-state index in [0.29, 0.717) is 64.6 Å². The Labute approximate surface area is 443 Å². The van der Waals surface area contributed by atoms with E-state index in [1.807, 2.05) is 41.5 Å². The molecule has 16 N–H and O–H groups in total. The van der Waals surface area contributed by atoms with Gasteiger partial charge in [0, 0.05) is 13.2 Å². The van der Waals surface area contributed by atoms with Crippen LogP contribution in [0.15, 0.2) is 0 Å². The van der Waals surface area contributed by atoms with Crippen molar-refractivity contribution < 1.29 is 81.7 Å². The first-order valence-corrected chi connectivity index (χ1v) is 28.5. The Kier molecular flexibility index (Phi) is 88.5. The molecule has 12 unspecified atom stereocenters. The first kappa shape index (κ1) is 88.0. The van der Waals surface area contributed by atoms with Crippen LogP contribution in [0.4, 0.5) is 0 Å². The van der Waals surface area contributed by atoms with E-state index in [2.05, 4.69) is 13.8 Å². The molecule has 16 nitrogen and oxygen atoms in total. The van der Waals surface area contributed by atoms with E-state index in [1.165, 1.54) is 12.8 Å². The van der Waals surface area contributed by atoms with E-state index in [9.17, 15) is 0 Å². The summed E-state index contributed by atoms with van der Waals surface area (Å²) in [5, 5.41) is 141. The number of hydrogen-bond acceptors (Lipinski definition) is 16. The Morgan fingerprint density at radius 1 is 0.264 bits per heavy atom. The van der Waals surface area contributed by atoms with Crippen molar-refractivity contribution in [2.75, 3.05) is 13.2 Å². The van der Waals surface area contributed by atoms with Crippen molar-refractivity contribution in [1.29, 1.82) is 0 Å². The lowest BCUT2D eigenvalue weighted by atomic mass is 10.1. The third-order valence-electron chi connectivity index (χ3n) is 10.8. The molecule has 0 aromatic carbocycles. The SMILES string of the molecule is CC(O)CCCC(C)O.CCC(O)CC(O)CC.CCC(O)CCC(C)O.CCCC(O)C(O)CC.CCCC(O)CC(C)O.CCCCC(O)C(C)O.CCCCCCC(O)O.OCCCCCCCO. The number of aliphatic hydroxyl groups is 16. The molecule has 0 amide bonds. The highest BCUT2D eigenvalue weighted by molar-refractivity contribution is 4.64. The van der Waals surface area contributed by atoms with Gasteiger partial charge in [-0.2, -0.15) is 0 Å². The molecule has 0 aliphatic rings. The third-order valence-corrected chi connectivity index (χ3v) is 10.8. The summed E-state index contributed by atoms with van der Waals surface area (Å²) in [6.07, 6.45) is 18.7. The van der Waals surface area contributed by atoms with E-state index >= 15 is 0 Å². The molecule has 0 bridgehead atoms. The molecular weight excluding hydrogens is 929 g/mol. The van der Waals surface area contributed by atoms with Crippen LogP contribution in [0.2, 0.25) is 0 Å². The molecule has 0 rings (SSSR count). The summed E-state index contributed by atoms with van der Waals surface area (Å²) in [7, 11) is 0. The maximum atomic E-state index is 9.07. The molecule has 448 valence electrons. The molecule has 0 radical (unpaired) electrons. The van der Waals surface area contributed by atoms with Gasteiger partial charge in [-0.15, -0.1) is 0 Å². The van der Waals surface area contributed by atoms with Crippen LogP contribution in [-0.4, -0.2) is 174 Å². The molecular formula is C56H128O16. The second-order valence-corrected chi connectivity index (χ2v) is 19.3. The summed E-state index contributed by atoms with van der Waals surface area (Å²) in [5.41, 5.74) is 0. The zero-order valence-corrected chi connectivity index (χ0v) is 48.9. The van der Waals surface area contributed by atoms with Crippen LogP contribution in [0, 0.1) is 0 Å². The van der Waals surface area contributed by atoms with E-state index in [1.54, 1.807) is 34.6 Å². The Morgan fingerprint density at radius 3 is 1.00 bits per heavy atom. The smallest absolute Gasteiger partial charge is 0.151 e. The fourth-order valence-electron chi connectivity index (χ4n) is 5.76. The van der Waals surface area contributed by atoms with Gasteiger partial charge < -0.3 is 81.7 Å². The fraction of sp³-hybridized carbons (Fsp3) is 1.00. The van der Waals surface area contributed by atoms with Crippen molar-refractivity contribution in [3.05, 3.63) is 0 Å². The van der Waals surface area contributed by atoms with Crippen LogP contribution < -0.4 is 0 Å². The summed E-state index contributed by atoms with van der Waals surface area (Å²) in [5.74, 6) is 0. The normalized spacial score (nSPS) is 15.6. The second kappa shape index (κ2) is 72.4. The van der Waals surface area contributed by atoms with Crippen molar-refractivity contribution in [2.24, 2.45) is 0 Å². The van der Waals surface area contributed by atoms with Crippen molar-refractivity contribution in [3.8, 4) is 0 Å². The van der Waals surface area contributed by atoms with E-state index < -0.39 is 30.7 Å². The molecule has 0 aliphatic carbocycles. The van der Waals surface area contributed by atoms with Gasteiger partial charge in [-0.25, -0.2) is 0 Å². The Hall–Kier alpha value is -0.640. The summed E-state index contributed by atoms with van der Waals surface area (Å²) in [6.45, 7) is 25.0. The maximum absolute atomic E-state index is 9.07. The van der Waals surface area contributed by atoms with Gasteiger partial charge in [0.15, 0.2) is 6.29 Å². The van der Waals surface area contributed by atoms with Crippen LogP contribution in [0.3, 0.4) is 0 Å². The second-order valence-electron chi connectivity index (χ2n) is 19.3. The van der Waals surface area contributed by atoms with Gasteiger partial charge in [-0.3, -0.25) is 0 Å². The van der Waals surface area contributed by atoms with Gasteiger partial charge in [0.1, 0.15) is 0 Å². The van der Waals surface area contributed by atoms with E-state index in [0.717, 1.165) is 116 Å². The highest BCUT2D eigenvalue weighted by atomic mass is 16.5. The van der Waals surface area contributed by atoms with Gasteiger partial charge in [-0.05, 0) is 150 Å². The summed E-state index contributed by atoms with van der Waals surface area (Å²) >= 11 is 0. The molecule has 0 spiro atoms. The van der Waals surface area contributed by atoms with Gasteiger partial charge in [0.05, 0.1) is 73.2 Å². The zero-order chi connectivity index (χ0) is 57.7. The lowest BCUT2D eigenvalue weighted by molar-refractivity contribution is -0.0466. The minimum atomic E-state index is -1.10. The van der Waals surface area contributed by atoms with Gasteiger partial charge in [0.25, 0.3) is 0 Å². The molecule has 0 saturated carbocycles. The Morgan fingerprint density at radius 2 is 0.681 bits per heavy atom. The zero-order valence-electron chi connectivity index (χ0n) is 48.9. The topological polar surface area (TPSA) is 324 Å². The fourth-order valence-corrected chi connectivity index (χ4v) is 5.76. The van der Waals surface area contributed by atoms with Crippen LogP contribution >= 0.6 is 0 Å². The predicted octanol–water partition coefficient (Wildman–Crippen LogP) is 7.70. The number of unbranched alkanes of at least 4 members (excludes halogenated alkanes) is 8. The van der Waals surface area contributed by atoms with Crippen molar-refractivity contribution in [3.63, 3.8) is 0 Å². The van der Waals surface area contributed by atoms with Crippen LogP contribution in [-0.2, 0) is 0 Å². The quantitative estimate of drug-likeness (QED) is 0.0214. The summed E-state index contributed by atoms with van der Waals surface area (Å²) in [4.78, 5) is 0. The number of hydrogen-bond donors (Lipinski definition) is 16. The van der Waals surface area contributed by atoms with Crippen LogP contribution in [0.1, 0.15) is 270 Å². The monoisotopic (exact) mass is 1060 g/mol. The summed E-state index contributed by atoms with van der Waals surface area (Å²) in [6, 6.07) is 0. The van der Waals surface area contributed by atoms with Gasteiger partial charge in [-0.1, -0.05) is 120 Å². The van der Waals surface area contributed by atoms with E-state index in [-0.39, 0.29) is 48.8 Å². The number of aliphatic hydroxyl groups excluding tert-OH is 15. The van der Waals surface area contributed by atoms with Crippen molar-refractivity contribution in [1.82, 2.24) is 0 Å². The molecule has 12 atom stereocenters. The maximum Gasteiger partial charge on any atom is 0.151 e. The Balaban J connectivity index is -0.000000108. The molecule has 16 heteroatoms. The van der Waals surface area contributed by atoms with E-state index in [4.69, 9.17) is 81.7 Å². The average molecular weight is 1060 g/mol. The number of rotatable bonds is 35. The molecule has 0 aliphatic heterocycles.